The summed E-state index contributed by atoms with van der Waals surface area (Å²) >= 11 is 0. The maximum absolute atomic E-state index is 12.9. The number of aryl methyl sites for hydroxylation is 1. The van der Waals surface area contributed by atoms with E-state index in [9.17, 15) is 9.59 Å². The van der Waals surface area contributed by atoms with Gasteiger partial charge in [-0.2, -0.15) is 5.10 Å². The summed E-state index contributed by atoms with van der Waals surface area (Å²) in [7, 11) is 1.76. The molecule has 142 valence electrons. The number of hydrogen-bond donors (Lipinski definition) is 0. The molecule has 0 saturated carbocycles. The van der Waals surface area contributed by atoms with Crippen LogP contribution in [-0.2, 0) is 23.1 Å². The number of amides is 2. The number of benzene rings is 1. The van der Waals surface area contributed by atoms with Gasteiger partial charge in [-0.15, -0.1) is 0 Å². The van der Waals surface area contributed by atoms with E-state index < -0.39 is 5.60 Å². The zero-order chi connectivity index (χ0) is 19.0. The number of piperidine rings is 1. The number of fused-ring (bicyclic) bond motifs is 1. The summed E-state index contributed by atoms with van der Waals surface area (Å²) < 4.78 is 7.56. The van der Waals surface area contributed by atoms with Crippen LogP contribution in [0.4, 0.5) is 0 Å². The van der Waals surface area contributed by atoms with Gasteiger partial charge in [0.15, 0.2) is 0 Å². The lowest BCUT2D eigenvalue weighted by Crippen LogP contribution is -2.67. The van der Waals surface area contributed by atoms with Crippen molar-refractivity contribution in [1.82, 2.24) is 19.6 Å². The first-order chi connectivity index (χ1) is 13.0. The lowest BCUT2D eigenvalue weighted by molar-refractivity contribution is -0.186. The fraction of sp³-hybridized carbons (Fsp3) is 0.450. The molecule has 2 fully saturated rings. The number of aromatic nitrogens is 2. The molecule has 27 heavy (non-hydrogen) atoms. The Morgan fingerprint density at radius 1 is 1.30 bits per heavy atom. The Labute approximate surface area is 158 Å². The molecule has 0 radical (unpaired) electrons. The van der Waals surface area contributed by atoms with Gasteiger partial charge in [0.2, 0.25) is 5.91 Å². The molecular weight excluding hydrogens is 344 g/mol. The molecule has 2 aliphatic heterocycles. The van der Waals surface area contributed by atoms with Crippen molar-refractivity contribution in [2.75, 3.05) is 19.7 Å². The van der Waals surface area contributed by atoms with Crippen LogP contribution >= 0.6 is 0 Å². The molecule has 0 unspecified atom stereocenters. The number of carbonyl (C=O) groups excluding carboxylic acids is 2. The van der Waals surface area contributed by atoms with Gasteiger partial charge in [-0.1, -0.05) is 30.3 Å². The van der Waals surface area contributed by atoms with E-state index in [4.69, 9.17) is 4.74 Å². The van der Waals surface area contributed by atoms with Crippen LogP contribution in [0.5, 0.6) is 0 Å². The summed E-state index contributed by atoms with van der Waals surface area (Å²) in [5.74, 6) is -0.0440. The Hall–Kier alpha value is -2.67. The second kappa shape index (κ2) is 6.81. The normalized spacial score (nSPS) is 25.4. The van der Waals surface area contributed by atoms with Crippen LogP contribution in [-0.4, -0.2) is 62.7 Å². The fourth-order valence-corrected chi connectivity index (χ4v) is 4.16. The molecule has 2 aliphatic rings. The zero-order valence-electron chi connectivity index (χ0n) is 15.7. The van der Waals surface area contributed by atoms with Crippen LogP contribution in [0.25, 0.3) is 0 Å². The molecule has 0 bridgehead atoms. The Balaban J connectivity index is 1.53. The standard InChI is InChI=1S/C20H24N4O3/c1-20-14-23(19(26)16-8-10-21-22(16)2)11-9-17(20)24(18(25)13-27-20)12-15-6-4-3-5-7-15/h3-8,10,17H,9,11-14H2,1-2H3/t17-,20-/m1/s1. The number of likely N-dealkylation sites (tertiary alicyclic amines) is 1. The van der Waals surface area contributed by atoms with Crippen molar-refractivity contribution < 1.29 is 14.3 Å². The largest absolute Gasteiger partial charge is 0.361 e. The predicted octanol–water partition coefficient (Wildman–Crippen LogP) is 1.45. The first-order valence-corrected chi connectivity index (χ1v) is 9.22. The quantitative estimate of drug-likeness (QED) is 0.822. The Morgan fingerprint density at radius 2 is 2.07 bits per heavy atom. The Bertz CT molecular complexity index is 850. The van der Waals surface area contributed by atoms with Crippen molar-refractivity contribution in [3.05, 3.63) is 53.9 Å². The van der Waals surface area contributed by atoms with E-state index in [0.717, 1.165) is 5.56 Å². The van der Waals surface area contributed by atoms with Gasteiger partial charge in [0, 0.05) is 26.3 Å². The fourth-order valence-electron chi connectivity index (χ4n) is 4.16. The summed E-state index contributed by atoms with van der Waals surface area (Å²) in [6.45, 7) is 3.67. The molecule has 0 spiro atoms. The van der Waals surface area contributed by atoms with Gasteiger partial charge in [0.05, 0.1) is 12.6 Å². The van der Waals surface area contributed by atoms with E-state index in [-0.39, 0.29) is 24.5 Å². The molecule has 2 amide bonds. The van der Waals surface area contributed by atoms with Gasteiger partial charge in [-0.05, 0) is 25.0 Å². The third-order valence-electron chi connectivity index (χ3n) is 5.63. The monoisotopic (exact) mass is 368 g/mol. The second-order valence-corrected chi connectivity index (χ2v) is 7.48. The molecule has 1 aromatic heterocycles. The van der Waals surface area contributed by atoms with E-state index >= 15 is 0 Å². The van der Waals surface area contributed by atoms with Crippen LogP contribution in [0.3, 0.4) is 0 Å². The van der Waals surface area contributed by atoms with Gasteiger partial charge in [0.1, 0.15) is 17.9 Å². The van der Waals surface area contributed by atoms with Crippen LogP contribution in [0.15, 0.2) is 42.6 Å². The van der Waals surface area contributed by atoms with Crippen LogP contribution in [0.1, 0.15) is 29.4 Å². The first-order valence-electron chi connectivity index (χ1n) is 9.22. The van der Waals surface area contributed by atoms with Gasteiger partial charge >= 0.3 is 0 Å². The summed E-state index contributed by atoms with van der Waals surface area (Å²) in [6, 6.07) is 11.7. The maximum atomic E-state index is 12.9. The van der Waals surface area contributed by atoms with E-state index in [1.54, 1.807) is 24.0 Å². The number of nitrogens with zero attached hydrogens (tertiary/aromatic N) is 4. The number of carbonyl (C=O) groups is 2. The zero-order valence-corrected chi connectivity index (χ0v) is 15.7. The average molecular weight is 368 g/mol. The van der Waals surface area contributed by atoms with Crippen molar-refractivity contribution in [2.24, 2.45) is 7.05 Å². The van der Waals surface area contributed by atoms with Gasteiger partial charge in [-0.25, -0.2) is 0 Å². The predicted molar refractivity (Wildman–Crippen MR) is 98.9 cm³/mol. The molecule has 1 aromatic carbocycles. The van der Waals surface area contributed by atoms with E-state index in [2.05, 4.69) is 5.10 Å². The topological polar surface area (TPSA) is 67.7 Å². The van der Waals surface area contributed by atoms with Gasteiger partial charge in [0.25, 0.3) is 5.91 Å². The van der Waals surface area contributed by atoms with E-state index in [0.29, 0.717) is 31.7 Å². The van der Waals surface area contributed by atoms with Crippen LogP contribution < -0.4 is 0 Å². The molecule has 0 N–H and O–H groups in total. The van der Waals surface area contributed by atoms with Gasteiger partial charge < -0.3 is 14.5 Å². The van der Waals surface area contributed by atoms with Crippen LogP contribution in [0.2, 0.25) is 0 Å². The smallest absolute Gasteiger partial charge is 0.272 e. The third-order valence-corrected chi connectivity index (χ3v) is 5.63. The molecule has 2 aromatic rings. The minimum atomic E-state index is -0.574. The molecule has 3 heterocycles. The minimum absolute atomic E-state index is 0.00717. The number of ether oxygens (including phenoxy) is 1. The lowest BCUT2D eigenvalue weighted by atomic mass is 9.85. The van der Waals surface area contributed by atoms with Crippen molar-refractivity contribution in [3.63, 3.8) is 0 Å². The highest BCUT2D eigenvalue weighted by atomic mass is 16.5. The molecular formula is C20H24N4O3. The number of hydrogen-bond acceptors (Lipinski definition) is 4. The number of morpholine rings is 1. The molecule has 0 aliphatic carbocycles. The number of rotatable bonds is 3. The average Bonchev–Trinajstić information content (AvgIpc) is 3.10. The summed E-state index contributed by atoms with van der Waals surface area (Å²) in [5, 5.41) is 4.09. The SMILES string of the molecule is Cn1nccc1C(=O)N1CC[C@H]2N(Cc3ccccc3)C(=O)CO[C@]2(C)C1. The second-order valence-electron chi connectivity index (χ2n) is 7.48. The molecule has 2 atom stereocenters. The highest BCUT2D eigenvalue weighted by molar-refractivity contribution is 5.92. The van der Waals surface area contributed by atoms with Crippen molar-refractivity contribution in [2.45, 2.75) is 31.5 Å². The minimum Gasteiger partial charge on any atom is -0.361 e. The van der Waals surface area contributed by atoms with Crippen LogP contribution in [0, 0.1) is 0 Å². The highest BCUT2D eigenvalue weighted by Crippen LogP contribution is 2.34. The molecule has 7 heteroatoms. The Morgan fingerprint density at radius 3 is 2.78 bits per heavy atom. The van der Waals surface area contributed by atoms with Crippen molar-refractivity contribution in [1.29, 1.82) is 0 Å². The molecule has 2 saturated heterocycles. The maximum Gasteiger partial charge on any atom is 0.272 e. The van der Waals surface area contributed by atoms with E-state index in [1.165, 1.54) is 0 Å². The summed E-state index contributed by atoms with van der Waals surface area (Å²) in [6.07, 6.45) is 2.32. The highest BCUT2D eigenvalue weighted by Gasteiger charge is 2.49. The summed E-state index contributed by atoms with van der Waals surface area (Å²) in [4.78, 5) is 29.1. The Kier molecular flexibility index (Phi) is 4.47. The molecule has 4 rings (SSSR count). The lowest BCUT2D eigenvalue weighted by Gasteiger charge is -2.52. The van der Waals surface area contributed by atoms with Gasteiger partial charge in [-0.3, -0.25) is 14.3 Å². The summed E-state index contributed by atoms with van der Waals surface area (Å²) in [5.41, 5.74) is 1.09. The molecule has 7 nitrogen and oxygen atoms in total. The first kappa shape index (κ1) is 17.7. The van der Waals surface area contributed by atoms with E-state index in [1.807, 2.05) is 47.1 Å². The van der Waals surface area contributed by atoms with Crippen molar-refractivity contribution in [3.8, 4) is 0 Å². The van der Waals surface area contributed by atoms with Crippen molar-refractivity contribution >= 4 is 11.8 Å². The third kappa shape index (κ3) is 3.23.